The minimum atomic E-state index is -3.90. The first-order chi connectivity index (χ1) is 15.8. The smallest absolute Gasteiger partial charge is 0.262 e. The number of nitrogens with one attached hydrogen (secondary N) is 2. The molecule has 0 fully saturated rings. The zero-order chi connectivity index (χ0) is 23.4. The highest BCUT2D eigenvalue weighted by Crippen LogP contribution is 2.32. The number of hydrogen-bond acceptors (Lipinski definition) is 5. The molecule has 0 bridgehead atoms. The molecule has 1 amide bonds. The van der Waals surface area contributed by atoms with Gasteiger partial charge in [0.1, 0.15) is 0 Å². The number of amides is 1. The van der Waals surface area contributed by atoms with Gasteiger partial charge >= 0.3 is 0 Å². The first-order valence-electron chi connectivity index (χ1n) is 10.4. The van der Waals surface area contributed by atoms with Crippen LogP contribution in [0, 0.1) is 0 Å². The van der Waals surface area contributed by atoms with Crippen molar-refractivity contribution in [2.45, 2.75) is 24.3 Å². The highest BCUT2D eigenvalue weighted by Gasteiger charge is 2.20. The van der Waals surface area contributed by atoms with Crippen LogP contribution in [0.2, 0.25) is 5.02 Å². The fourth-order valence-corrected chi connectivity index (χ4v) is 4.65. The molecule has 0 spiro atoms. The molecule has 172 valence electrons. The van der Waals surface area contributed by atoms with Gasteiger partial charge in [-0.15, -0.1) is 0 Å². The number of sulfonamides is 1. The van der Waals surface area contributed by atoms with Crippen LogP contribution in [0.4, 0.5) is 5.69 Å². The second kappa shape index (κ2) is 9.72. The predicted molar refractivity (Wildman–Crippen MR) is 127 cm³/mol. The molecule has 3 aromatic rings. The summed E-state index contributed by atoms with van der Waals surface area (Å²) in [4.78, 5) is 12.8. The lowest BCUT2D eigenvalue weighted by Gasteiger charge is -2.15. The lowest BCUT2D eigenvalue weighted by molar-refractivity contribution is 0.0940. The second-order valence-corrected chi connectivity index (χ2v) is 9.71. The lowest BCUT2D eigenvalue weighted by atomic mass is 10.1. The number of carbonyl (C=O) groups is 1. The first kappa shape index (κ1) is 22.9. The summed E-state index contributed by atoms with van der Waals surface area (Å²) >= 11 is 6.03. The van der Waals surface area contributed by atoms with Gasteiger partial charge in [0.05, 0.1) is 24.2 Å². The Bertz CT molecular complexity index is 1280. The summed E-state index contributed by atoms with van der Waals surface area (Å²) in [6, 6.07) is 17.7. The van der Waals surface area contributed by atoms with E-state index < -0.39 is 10.0 Å². The van der Waals surface area contributed by atoms with E-state index in [1.165, 1.54) is 18.2 Å². The van der Waals surface area contributed by atoms with E-state index in [1.54, 1.807) is 36.4 Å². The van der Waals surface area contributed by atoms with Gasteiger partial charge in [-0.3, -0.25) is 9.52 Å². The Balaban J connectivity index is 1.49. The Labute approximate surface area is 197 Å². The molecule has 1 aliphatic heterocycles. The summed E-state index contributed by atoms with van der Waals surface area (Å²) < 4.78 is 39.5. The minimum absolute atomic E-state index is 0.0381. The Morgan fingerprint density at radius 2 is 1.73 bits per heavy atom. The summed E-state index contributed by atoms with van der Waals surface area (Å²) in [5.74, 6) is 0.566. The van der Waals surface area contributed by atoms with Crippen LogP contribution < -0.4 is 19.5 Å². The Kier molecular flexibility index (Phi) is 6.76. The fourth-order valence-electron chi connectivity index (χ4n) is 3.39. The third kappa shape index (κ3) is 5.58. The van der Waals surface area contributed by atoms with Gasteiger partial charge in [0.2, 0.25) is 0 Å². The van der Waals surface area contributed by atoms with Crippen molar-refractivity contribution in [2.24, 2.45) is 0 Å². The lowest BCUT2D eigenvalue weighted by Crippen LogP contribution is -2.26. The SMILES string of the molecule is CC(NC(=O)c1cccc(NS(=O)(=O)c2ccc3c(c2)OCCCO3)c1)c1cccc(Cl)c1. The zero-order valence-electron chi connectivity index (χ0n) is 17.9. The Morgan fingerprint density at radius 3 is 2.52 bits per heavy atom. The molecular formula is C24H23ClN2O5S. The third-order valence-corrected chi connectivity index (χ3v) is 6.72. The van der Waals surface area contributed by atoms with Crippen molar-refractivity contribution in [1.82, 2.24) is 5.32 Å². The standard InChI is InChI=1S/C24H23ClN2O5S/c1-16(17-5-2-7-19(25)13-17)26-24(28)18-6-3-8-20(14-18)27-33(29,30)21-9-10-22-23(15-21)32-12-4-11-31-22/h2-3,5-10,13-16,27H,4,11-12H2,1H3,(H,26,28). The van der Waals surface area contributed by atoms with Crippen molar-refractivity contribution in [1.29, 1.82) is 0 Å². The van der Waals surface area contributed by atoms with Crippen LogP contribution in [0.5, 0.6) is 11.5 Å². The summed E-state index contributed by atoms with van der Waals surface area (Å²) in [7, 11) is -3.90. The van der Waals surface area contributed by atoms with E-state index in [1.807, 2.05) is 19.1 Å². The third-order valence-electron chi connectivity index (χ3n) is 5.10. The minimum Gasteiger partial charge on any atom is -0.490 e. The summed E-state index contributed by atoms with van der Waals surface area (Å²) in [6.07, 6.45) is 0.722. The van der Waals surface area contributed by atoms with Crippen LogP contribution in [0.3, 0.4) is 0 Å². The highest BCUT2D eigenvalue weighted by molar-refractivity contribution is 7.92. The largest absolute Gasteiger partial charge is 0.490 e. The van der Waals surface area contributed by atoms with Gasteiger partial charge in [-0.05, 0) is 55.0 Å². The van der Waals surface area contributed by atoms with E-state index in [0.717, 1.165) is 12.0 Å². The van der Waals surface area contributed by atoms with Crippen LogP contribution in [-0.2, 0) is 10.0 Å². The molecular weight excluding hydrogens is 464 g/mol. The predicted octanol–water partition coefficient (Wildman–Crippen LogP) is 4.79. The van der Waals surface area contributed by atoms with Crippen molar-refractivity contribution in [2.75, 3.05) is 17.9 Å². The molecule has 4 rings (SSSR count). The van der Waals surface area contributed by atoms with E-state index in [2.05, 4.69) is 10.0 Å². The van der Waals surface area contributed by atoms with Crippen LogP contribution in [0.1, 0.15) is 35.3 Å². The number of rotatable bonds is 6. The maximum atomic E-state index is 12.9. The quantitative estimate of drug-likeness (QED) is 0.522. The molecule has 1 aliphatic rings. The van der Waals surface area contributed by atoms with Gasteiger partial charge in [-0.25, -0.2) is 8.42 Å². The number of carbonyl (C=O) groups excluding carboxylic acids is 1. The van der Waals surface area contributed by atoms with E-state index >= 15 is 0 Å². The van der Waals surface area contributed by atoms with E-state index in [9.17, 15) is 13.2 Å². The Hall–Kier alpha value is -3.23. The summed E-state index contributed by atoms with van der Waals surface area (Å²) in [5, 5.41) is 3.48. The van der Waals surface area contributed by atoms with Gasteiger partial charge in [0.15, 0.2) is 11.5 Å². The molecule has 9 heteroatoms. The first-order valence-corrected chi connectivity index (χ1v) is 12.3. The number of ether oxygens (including phenoxy) is 2. The summed E-state index contributed by atoms with van der Waals surface area (Å²) in [5.41, 5.74) is 1.45. The van der Waals surface area contributed by atoms with Gasteiger partial charge in [-0.1, -0.05) is 29.8 Å². The number of anilines is 1. The second-order valence-electron chi connectivity index (χ2n) is 7.60. The van der Waals surface area contributed by atoms with Crippen LogP contribution in [-0.4, -0.2) is 27.5 Å². The highest BCUT2D eigenvalue weighted by atomic mass is 35.5. The van der Waals surface area contributed by atoms with E-state index in [4.69, 9.17) is 21.1 Å². The van der Waals surface area contributed by atoms with E-state index in [-0.39, 0.29) is 22.5 Å². The number of hydrogen-bond donors (Lipinski definition) is 2. The van der Waals surface area contributed by atoms with Crippen molar-refractivity contribution in [3.8, 4) is 11.5 Å². The maximum absolute atomic E-state index is 12.9. The molecule has 1 unspecified atom stereocenters. The molecule has 7 nitrogen and oxygen atoms in total. The molecule has 1 atom stereocenters. The number of benzene rings is 3. The van der Waals surface area contributed by atoms with Gasteiger partial charge in [0.25, 0.3) is 15.9 Å². The van der Waals surface area contributed by atoms with Gasteiger partial charge in [0, 0.05) is 28.8 Å². The Morgan fingerprint density at radius 1 is 0.970 bits per heavy atom. The summed E-state index contributed by atoms with van der Waals surface area (Å²) in [6.45, 7) is 2.82. The fraction of sp³-hybridized carbons (Fsp3) is 0.208. The van der Waals surface area contributed by atoms with Crippen molar-refractivity contribution >= 4 is 33.2 Å². The molecule has 0 aromatic heterocycles. The molecule has 0 radical (unpaired) electrons. The molecule has 33 heavy (non-hydrogen) atoms. The normalized spacial score (nSPS) is 14.1. The molecule has 3 aromatic carbocycles. The number of halogens is 1. The molecule has 0 saturated carbocycles. The molecule has 1 heterocycles. The zero-order valence-corrected chi connectivity index (χ0v) is 19.4. The monoisotopic (exact) mass is 486 g/mol. The molecule has 2 N–H and O–H groups in total. The average Bonchev–Trinajstić information content (AvgIpc) is 3.04. The van der Waals surface area contributed by atoms with Gasteiger partial charge in [-0.2, -0.15) is 0 Å². The van der Waals surface area contributed by atoms with Crippen molar-refractivity contribution in [3.63, 3.8) is 0 Å². The van der Waals surface area contributed by atoms with Crippen molar-refractivity contribution < 1.29 is 22.7 Å². The average molecular weight is 487 g/mol. The van der Waals surface area contributed by atoms with Crippen LogP contribution >= 0.6 is 11.6 Å². The molecule has 0 saturated heterocycles. The van der Waals surface area contributed by atoms with E-state index in [0.29, 0.717) is 35.3 Å². The molecule has 0 aliphatic carbocycles. The number of fused-ring (bicyclic) bond motifs is 1. The van der Waals surface area contributed by atoms with Crippen LogP contribution in [0.15, 0.2) is 71.6 Å². The topological polar surface area (TPSA) is 93.7 Å². The van der Waals surface area contributed by atoms with Gasteiger partial charge < -0.3 is 14.8 Å². The van der Waals surface area contributed by atoms with Crippen molar-refractivity contribution in [3.05, 3.63) is 82.9 Å². The maximum Gasteiger partial charge on any atom is 0.262 e. The van der Waals surface area contributed by atoms with Crippen LogP contribution in [0.25, 0.3) is 0 Å².